The Morgan fingerprint density at radius 1 is 1.47 bits per heavy atom. The number of nitrogens with zero attached hydrogens (tertiary/aromatic N) is 1. The summed E-state index contributed by atoms with van der Waals surface area (Å²) in [5.41, 5.74) is 0. The van der Waals surface area contributed by atoms with Gasteiger partial charge in [0.05, 0.1) is 12.8 Å². The molecule has 1 saturated heterocycles. The van der Waals surface area contributed by atoms with Gasteiger partial charge in [-0.15, -0.1) is 0 Å². The van der Waals surface area contributed by atoms with E-state index in [2.05, 4.69) is 0 Å². The molecule has 0 saturated carbocycles. The fraction of sp³-hybridized carbons (Fsp3) is 0.889. The van der Waals surface area contributed by atoms with E-state index in [1.807, 2.05) is 0 Å². The number of carboxylic acid groups (broad SMARTS) is 1. The smallest absolute Gasteiger partial charge is 0.390 e. The van der Waals surface area contributed by atoms with Crippen LogP contribution >= 0.6 is 0 Å². The zero-order valence-corrected chi connectivity index (χ0v) is 8.26. The molecule has 0 aromatic heterocycles. The van der Waals surface area contributed by atoms with Gasteiger partial charge in [-0.05, 0) is 19.4 Å². The van der Waals surface area contributed by atoms with Gasteiger partial charge in [-0.1, -0.05) is 0 Å². The largest absolute Gasteiger partial charge is 0.481 e. The second-order valence-corrected chi connectivity index (χ2v) is 3.80. The van der Waals surface area contributed by atoms with E-state index in [9.17, 15) is 18.0 Å². The SMILES string of the molecule is O=C(O)CC1CCCN1CCC(F)(F)F. The maximum atomic E-state index is 12.0. The van der Waals surface area contributed by atoms with Crippen LogP contribution in [0.3, 0.4) is 0 Å². The summed E-state index contributed by atoms with van der Waals surface area (Å²) in [5, 5.41) is 8.57. The van der Waals surface area contributed by atoms with Gasteiger partial charge in [0.15, 0.2) is 0 Å². The number of carboxylic acids is 1. The molecule has 0 radical (unpaired) electrons. The van der Waals surface area contributed by atoms with Crippen molar-refractivity contribution in [2.24, 2.45) is 0 Å². The first-order chi connectivity index (χ1) is 6.88. The minimum atomic E-state index is -4.16. The monoisotopic (exact) mass is 225 g/mol. The van der Waals surface area contributed by atoms with Gasteiger partial charge in [0.1, 0.15) is 0 Å². The Labute approximate surface area is 85.9 Å². The topological polar surface area (TPSA) is 40.5 Å². The average Bonchev–Trinajstić information content (AvgIpc) is 2.46. The van der Waals surface area contributed by atoms with Gasteiger partial charge < -0.3 is 5.11 Å². The maximum absolute atomic E-state index is 12.0. The molecule has 1 atom stereocenters. The minimum Gasteiger partial charge on any atom is -0.481 e. The summed E-state index contributed by atoms with van der Waals surface area (Å²) >= 11 is 0. The second kappa shape index (κ2) is 4.83. The molecule has 1 rings (SSSR count). The van der Waals surface area contributed by atoms with Crippen molar-refractivity contribution in [1.29, 1.82) is 0 Å². The van der Waals surface area contributed by atoms with E-state index >= 15 is 0 Å². The van der Waals surface area contributed by atoms with Crippen molar-refractivity contribution in [2.45, 2.75) is 37.9 Å². The predicted molar refractivity (Wildman–Crippen MR) is 47.5 cm³/mol. The van der Waals surface area contributed by atoms with Gasteiger partial charge in [-0.2, -0.15) is 13.2 Å². The van der Waals surface area contributed by atoms with Crippen molar-refractivity contribution in [2.75, 3.05) is 13.1 Å². The molecular weight excluding hydrogens is 211 g/mol. The van der Waals surface area contributed by atoms with E-state index in [1.165, 1.54) is 0 Å². The van der Waals surface area contributed by atoms with E-state index in [4.69, 9.17) is 5.11 Å². The maximum Gasteiger partial charge on any atom is 0.390 e. The summed E-state index contributed by atoms with van der Waals surface area (Å²) in [6.45, 7) is 0.496. The molecule has 1 fully saturated rings. The Morgan fingerprint density at radius 2 is 2.13 bits per heavy atom. The van der Waals surface area contributed by atoms with Crippen molar-refractivity contribution in [3.05, 3.63) is 0 Å². The van der Waals surface area contributed by atoms with Crippen molar-refractivity contribution in [1.82, 2.24) is 4.90 Å². The predicted octanol–water partition coefficient (Wildman–Crippen LogP) is 1.88. The van der Waals surface area contributed by atoms with Crippen LogP contribution in [-0.4, -0.2) is 41.3 Å². The van der Waals surface area contributed by atoms with Gasteiger partial charge in [-0.3, -0.25) is 9.69 Å². The quantitative estimate of drug-likeness (QED) is 0.794. The highest BCUT2D eigenvalue weighted by atomic mass is 19.4. The molecule has 1 N–H and O–H groups in total. The number of rotatable bonds is 4. The Kier molecular flexibility index (Phi) is 3.96. The highest BCUT2D eigenvalue weighted by molar-refractivity contribution is 5.67. The Morgan fingerprint density at radius 3 is 2.67 bits per heavy atom. The Hall–Kier alpha value is -0.780. The fourth-order valence-corrected chi connectivity index (χ4v) is 1.89. The van der Waals surface area contributed by atoms with E-state index in [1.54, 1.807) is 4.90 Å². The Bertz CT molecular complexity index is 230. The number of hydrogen-bond acceptors (Lipinski definition) is 2. The van der Waals surface area contributed by atoms with Crippen LogP contribution < -0.4 is 0 Å². The molecule has 0 aliphatic carbocycles. The van der Waals surface area contributed by atoms with E-state index in [0.29, 0.717) is 13.0 Å². The van der Waals surface area contributed by atoms with Crippen molar-refractivity contribution < 1.29 is 23.1 Å². The second-order valence-electron chi connectivity index (χ2n) is 3.80. The minimum absolute atomic E-state index is 0.0577. The number of halogens is 3. The average molecular weight is 225 g/mol. The standard InChI is InChI=1S/C9H14F3NO2/c10-9(11,12)3-5-13-4-1-2-7(13)6-8(14)15/h7H,1-6H2,(H,14,15). The lowest BCUT2D eigenvalue weighted by atomic mass is 10.1. The van der Waals surface area contributed by atoms with Crippen LogP contribution in [0.5, 0.6) is 0 Å². The van der Waals surface area contributed by atoms with Crippen molar-refractivity contribution in [3.8, 4) is 0 Å². The number of hydrogen-bond donors (Lipinski definition) is 1. The van der Waals surface area contributed by atoms with Crippen LogP contribution in [0.1, 0.15) is 25.7 Å². The molecule has 1 aliphatic rings. The van der Waals surface area contributed by atoms with Gasteiger partial charge >= 0.3 is 12.1 Å². The molecule has 88 valence electrons. The molecular formula is C9H14F3NO2. The summed E-state index contributed by atoms with van der Waals surface area (Å²) in [6.07, 6.45) is -3.60. The fourth-order valence-electron chi connectivity index (χ4n) is 1.89. The van der Waals surface area contributed by atoms with Crippen LogP contribution in [0.15, 0.2) is 0 Å². The molecule has 0 aromatic rings. The van der Waals surface area contributed by atoms with Crippen LogP contribution in [0.2, 0.25) is 0 Å². The first-order valence-electron chi connectivity index (χ1n) is 4.91. The molecule has 1 aliphatic heterocycles. The highest BCUT2D eigenvalue weighted by Crippen LogP contribution is 2.25. The molecule has 0 amide bonds. The lowest BCUT2D eigenvalue weighted by Crippen LogP contribution is -2.34. The summed E-state index contributed by atoms with van der Waals surface area (Å²) in [4.78, 5) is 12.1. The lowest BCUT2D eigenvalue weighted by molar-refractivity contribution is -0.140. The number of alkyl halides is 3. The molecule has 1 unspecified atom stereocenters. The summed E-state index contributed by atoms with van der Waals surface area (Å²) in [5.74, 6) is -0.945. The summed E-state index contributed by atoms with van der Waals surface area (Å²) in [7, 11) is 0. The first kappa shape index (κ1) is 12.3. The van der Waals surface area contributed by atoms with Gasteiger partial charge in [0.2, 0.25) is 0 Å². The number of carbonyl (C=O) groups is 1. The summed E-state index contributed by atoms with van der Waals surface area (Å²) < 4.78 is 35.9. The van der Waals surface area contributed by atoms with Gasteiger partial charge in [0.25, 0.3) is 0 Å². The van der Waals surface area contributed by atoms with E-state index in [-0.39, 0.29) is 19.0 Å². The van der Waals surface area contributed by atoms with Gasteiger partial charge in [-0.25, -0.2) is 0 Å². The third-order valence-electron chi connectivity index (χ3n) is 2.59. The third-order valence-corrected chi connectivity index (χ3v) is 2.59. The van der Waals surface area contributed by atoms with Gasteiger partial charge in [0, 0.05) is 12.6 Å². The molecule has 6 heteroatoms. The van der Waals surface area contributed by atoms with E-state index < -0.39 is 18.6 Å². The highest BCUT2D eigenvalue weighted by Gasteiger charge is 2.32. The third kappa shape index (κ3) is 4.51. The Balaban J connectivity index is 2.36. The lowest BCUT2D eigenvalue weighted by Gasteiger charge is -2.23. The molecule has 0 aromatic carbocycles. The van der Waals surface area contributed by atoms with Crippen molar-refractivity contribution in [3.63, 3.8) is 0 Å². The molecule has 1 heterocycles. The number of aliphatic carboxylic acids is 1. The summed E-state index contributed by atoms with van der Waals surface area (Å²) in [6, 6.07) is -0.218. The molecule has 3 nitrogen and oxygen atoms in total. The first-order valence-corrected chi connectivity index (χ1v) is 4.91. The molecule has 0 bridgehead atoms. The number of likely N-dealkylation sites (tertiary alicyclic amines) is 1. The van der Waals surface area contributed by atoms with E-state index in [0.717, 1.165) is 6.42 Å². The van der Waals surface area contributed by atoms with Crippen molar-refractivity contribution >= 4 is 5.97 Å². The molecule has 15 heavy (non-hydrogen) atoms. The van der Waals surface area contributed by atoms with Crippen LogP contribution in [0, 0.1) is 0 Å². The zero-order chi connectivity index (χ0) is 11.5. The normalized spacial score (nSPS) is 23.3. The van der Waals surface area contributed by atoms with Crippen LogP contribution in [-0.2, 0) is 4.79 Å². The van der Waals surface area contributed by atoms with Crippen LogP contribution in [0.4, 0.5) is 13.2 Å². The molecule has 0 spiro atoms. The van der Waals surface area contributed by atoms with Crippen LogP contribution in [0.25, 0.3) is 0 Å². The zero-order valence-electron chi connectivity index (χ0n) is 8.26.